The van der Waals surface area contributed by atoms with E-state index in [9.17, 15) is 4.79 Å². The summed E-state index contributed by atoms with van der Waals surface area (Å²) >= 11 is 1.40. The Hall–Kier alpha value is -1.16. The van der Waals surface area contributed by atoms with Crippen molar-refractivity contribution < 1.29 is 9.53 Å². The van der Waals surface area contributed by atoms with Gasteiger partial charge in [-0.15, -0.1) is 11.8 Å². The van der Waals surface area contributed by atoms with Crippen LogP contribution >= 0.6 is 11.8 Å². The third-order valence-corrected chi connectivity index (χ3v) is 2.75. The van der Waals surface area contributed by atoms with Gasteiger partial charge in [0.05, 0.1) is 5.75 Å². The summed E-state index contributed by atoms with van der Waals surface area (Å²) in [4.78, 5) is 12.4. The van der Waals surface area contributed by atoms with E-state index in [1.165, 1.54) is 11.8 Å². The fourth-order valence-corrected chi connectivity index (χ4v) is 1.86. The van der Waals surface area contributed by atoms with E-state index in [0.29, 0.717) is 5.69 Å². The summed E-state index contributed by atoms with van der Waals surface area (Å²) in [6, 6.07) is 7.47. The molecule has 0 amide bonds. The van der Waals surface area contributed by atoms with Gasteiger partial charge in [0, 0.05) is 10.6 Å². The van der Waals surface area contributed by atoms with Gasteiger partial charge in [-0.2, -0.15) is 0 Å². The number of nitrogens with two attached hydrogens (primary N) is 1. The molecule has 0 aromatic heterocycles. The van der Waals surface area contributed by atoms with E-state index in [1.54, 1.807) is 0 Å². The second-order valence-electron chi connectivity index (χ2n) is 4.41. The SMILES string of the molecule is CC(C)(C)OC(=O)CSc1ccccc1N. The Morgan fingerprint density at radius 3 is 2.56 bits per heavy atom. The Morgan fingerprint density at radius 1 is 1.38 bits per heavy atom. The predicted octanol–water partition coefficient (Wildman–Crippen LogP) is 2.70. The van der Waals surface area contributed by atoms with Crippen LogP contribution in [0.5, 0.6) is 0 Å². The van der Waals surface area contributed by atoms with Gasteiger partial charge in [0.1, 0.15) is 5.60 Å². The first-order chi connectivity index (χ1) is 7.38. The van der Waals surface area contributed by atoms with E-state index in [0.717, 1.165) is 4.90 Å². The maximum atomic E-state index is 11.5. The fourth-order valence-electron chi connectivity index (χ4n) is 1.12. The number of benzene rings is 1. The van der Waals surface area contributed by atoms with Gasteiger partial charge in [-0.25, -0.2) is 0 Å². The van der Waals surface area contributed by atoms with Crippen molar-refractivity contribution in [2.24, 2.45) is 0 Å². The minimum Gasteiger partial charge on any atom is -0.459 e. The molecule has 1 aromatic carbocycles. The highest BCUT2D eigenvalue weighted by Crippen LogP contribution is 2.24. The molecular formula is C12H17NO2S. The Balaban J connectivity index is 2.47. The molecule has 0 atom stereocenters. The average molecular weight is 239 g/mol. The largest absolute Gasteiger partial charge is 0.459 e. The van der Waals surface area contributed by atoms with E-state index in [-0.39, 0.29) is 11.7 Å². The molecule has 1 rings (SSSR count). The van der Waals surface area contributed by atoms with Crippen LogP contribution in [-0.2, 0) is 9.53 Å². The molecule has 0 unspecified atom stereocenters. The number of carbonyl (C=O) groups excluding carboxylic acids is 1. The molecule has 3 nitrogen and oxygen atoms in total. The van der Waals surface area contributed by atoms with Crippen molar-refractivity contribution in [2.75, 3.05) is 11.5 Å². The van der Waals surface area contributed by atoms with Crippen molar-refractivity contribution in [1.82, 2.24) is 0 Å². The summed E-state index contributed by atoms with van der Waals surface area (Å²) in [5.74, 6) is 0.0617. The van der Waals surface area contributed by atoms with Crippen molar-refractivity contribution in [3.05, 3.63) is 24.3 Å². The lowest BCUT2D eigenvalue weighted by atomic mass is 10.2. The molecule has 0 radical (unpaired) electrons. The van der Waals surface area contributed by atoms with Gasteiger partial charge in [0.25, 0.3) is 0 Å². The van der Waals surface area contributed by atoms with Gasteiger partial charge in [-0.05, 0) is 32.9 Å². The molecule has 0 fully saturated rings. The van der Waals surface area contributed by atoms with E-state index in [1.807, 2.05) is 45.0 Å². The fraction of sp³-hybridized carbons (Fsp3) is 0.417. The number of hydrogen-bond donors (Lipinski definition) is 1. The first kappa shape index (κ1) is 12.9. The van der Waals surface area contributed by atoms with Gasteiger partial charge in [0.15, 0.2) is 0 Å². The van der Waals surface area contributed by atoms with Crippen molar-refractivity contribution in [2.45, 2.75) is 31.3 Å². The number of nitrogen functional groups attached to an aromatic ring is 1. The van der Waals surface area contributed by atoms with Gasteiger partial charge in [0.2, 0.25) is 0 Å². The highest BCUT2D eigenvalue weighted by Gasteiger charge is 2.16. The van der Waals surface area contributed by atoms with Crippen LogP contribution in [0.1, 0.15) is 20.8 Å². The maximum Gasteiger partial charge on any atom is 0.316 e. The first-order valence-electron chi connectivity index (χ1n) is 5.07. The summed E-state index contributed by atoms with van der Waals surface area (Å²) < 4.78 is 5.20. The molecule has 0 aliphatic rings. The third-order valence-electron chi connectivity index (χ3n) is 1.68. The Labute approximate surface area is 100 Å². The number of para-hydroxylation sites is 1. The predicted molar refractivity (Wildman–Crippen MR) is 67.4 cm³/mol. The molecule has 0 saturated heterocycles. The third kappa shape index (κ3) is 4.57. The lowest BCUT2D eigenvalue weighted by Crippen LogP contribution is -2.24. The number of carbonyl (C=O) groups is 1. The van der Waals surface area contributed by atoms with E-state index < -0.39 is 5.60 Å². The number of thioether (sulfide) groups is 1. The number of esters is 1. The summed E-state index contributed by atoms with van der Waals surface area (Å²) in [5.41, 5.74) is 6.02. The smallest absolute Gasteiger partial charge is 0.316 e. The molecule has 1 aromatic rings. The zero-order valence-corrected chi connectivity index (χ0v) is 10.6. The molecular weight excluding hydrogens is 222 g/mol. The Morgan fingerprint density at radius 2 is 2.00 bits per heavy atom. The second-order valence-corrected chi connectivity index (χ2v) is 5.43. The Bertz CT molecular complexity index is 372. The molecule has 88 valence electrons. The highest BCUT2D eigenvalue weighted by atomic mass is 32.2. The van der Waals surface area contributed by atoms with Crippen LogP contribution in [0.2, 0.25) is 0 Å². The number of ether oxygens (including phenoxy) is 1. The summed E-state index contributed by atoms with van der Waals surface area (Å²) in [7, 11) is 0. The minimum absolute atomic E-state index is 0.222. The monoisotopic (exact) mass is 239 g/mol. The molecule has 0 spiro atoms. The molecule has 4 heteroatoms. The lowest BCUT2D eigenvalue weighted by molar-refractivity contribution is -0.151. The van der Waals surface area contributed by atoms with Gasteiger partial charge in [-0.1, -0.05) is 12.1 Å². The number of anilines is 1. The van der Waals surface area contributed by atoms with Crippen LogP contribution in [0.3, 0.4) is 0 Å². The number of rotatable bonds is 3. The van der Waals surface area contributed by atoms with Crippen LogP contribution in [0.15, 0.2) is 29.2 Å². The first-order valence-corrected chi connectivity index (χ1v) is 6.06. The van der Waals surface area contributed by atoms with Gasteiger partial charge < -0.3 is 10.5 Å². The lowest BCUT2D eigenvalue weighted by Gasteiger charge is -2.19. The van der Waals surface area contributed by atoms with Crippen LogP contribution in [0.4, 0.5) is 5.69 Å². The zero-order chi connectivity index (χ0) is 12.2. The summed E-state index contributed by atoms with van der Waals surface area (Å²) in [6.07, 6.45) is 0. The standard InChI is InChI=1S/C12H17NO2S/c1-12(2,3)15-11(14)8-16-10-7-5-4-6-9(10)13/h4-7H,8,13H2,1-3H3. The summed E-state index contributed by atoms with van der Waals surface area (Å²) in [6.45, 7) is 5.56. The van der Waals surface area contributed by atoms with Crippen LogP contribution in [0.25, 0.3) is 0 Å². The van der Waals surface area contributed by atoms with E-state index in [4.69, 9.17) is 10.5 Å². The molecule has 0 heterocycles. The van der Waals surface area contributed by atoms with Crippen molar-refractivity contribution in [3.63, 3.8) is 0 Å². The van der Waals surface area contributed by atoms with Crippen LogP contribution in [-0.4, -0.2) is 17.3 Å². The van der Waals surface area contributed by atoms with E-state index in [2.05, 4.69) is 0 Å². The molecule has 16 heavy (non-hydrogen) atoms. The van der Waals surface area contributed by atoms with Crippen molar-refractivity contribution in [3.8, 4) is 0 Å². The van der Waals surface area contributed by atoms with Crippen LogP contribution < -0.4 is 5.73 Å². The molecule has 0 aliphatic carbocycles. The van der Waals surface area contributed by atoms with Gasteiger partial charge >= 0.3 is 5.97 Å². The maximum absolute atomic E-state index is 11.5. The topological polar surface area (TPSA) is 52.3 Å². The zero-order valence-electron chi connectivity index (χ0n) is 9.82. The molecule has 0 bridgehead atoms. The normalized spacial score (nSPS) is 11.2. The van der Waals surface area contributed by atoms with Crippen LogP contribution in [0, 0.1) is 0 Å². The Kier molecular flexibility index (Phi) is 4.24. The minimum atomic E-state index is -0.431. The molecule has 0 aliphatic heterocycles. The van der Waals surface area contributed by atoms with Crippen molar-refractivity contribution in [1.29, 1.82) is 0 Å². The van der Waals surface area contributed by atoms with Crippen molar-refractivity contribution >= 4 is 23.4 Å². The quantitative estimate of drug-likeness (QED) is 0.500. The second kappa shape index (κ2) is 5.25. The van der Waals surface area contributed by atoms with Gasteiger partial charge in [-0.3, -0.25) is 4.79 Å². The molecule has 0 saturated carbocycles. The van der Waals surface area contributed by atoms with E-state index >= 15 is 0 Å². The highest BCUT2D eigenvalue weighted by molar-refractivity contribution is 8.00. The summed E-state index contributed by atoms with van der Waals surface area (Å²) in [5, 5.41) is 0. The molecule has 2 N–H and O–H groups in total. The average Bonchev–Trinajstić information content (AvgIpc) is 2.14. The number of hydrogen-bond acceptors (Lipinski definition) is 4.